The van der Waals surface area contributed by atoms with Crippen molar-refractivity contribution in [3.63, 3.8) is 0 Å². The molecule has 1 aromatic heterocycles. The van der Waals surface area contributed by atoms with Crippen LogP contribution in [0.5, 0.6) is 0 Å². The number of rotatable bonds is 5. The molecule has 30 heavy (non-hydrogen) atoms. The first-order valence-corrected chi connectivity index (χ1v) is 9.30. The van der Waals surface area contributed by atoms with Crippen molar-refractivity contribution in [1.29, 1.82) is 0 Å². The topological polar surface area (TPSA) is 109 Å². The summed E-state index contributed by atoms with van der Waals surface area (Å²) in [6, 6.07) is 12.4. The Labute approximate surface area is 172 Å². The molecule has 1 aliphatic heterocycles. The van der Waals surface area contributed by atoms with Crippen LogP contribution in [0.4, 0.5) is 0 Å². The van der Waals surface area contributed by atoms with Crippen molar-refractivity contribution in [3.8, 4) is 0 Å². The van der Waals surface area contributed by atoms with E-state index in [0.29, 0.717) is 0 Å². The highest BCUT2D eigenvalue weighted by atomic mass is 16.5. The van der Waals surface area contributed by atoms with Gasteiger partial charge in [-0.3, -0.25) is 9.69 Å². The van der Waals surface area contributed by atoms with Gasteiger partial charge in [-0.05, 0) is 17.7 Å². The minimum Gasteiger partial charge on any atom is -0.467 e. The Kier molecular flexibility index (Phi) is 4.79. The molecule has 1 aliphatic rings. The van der Waals surface area contributed by atoms with Crippen LogP contribution >= 0.6 is 0 Å². The number of carbonyl (C=O) groups is 3. The van der Waals surface area contributed by atoms with Gasteiger partial charge in [0.2, 0.25) is 0 Å². The van der Waals surface area contributed by atoms with Gasteiger partial charge in [0.15, 0.2) is 0 Å². The van der Waals surface area contributed by atoms with Gasteiger partial charge in [0, 0.05) is 34.6 Å². The van der Waals surface area contributed by atoms with E-state index in [1.54, 1.807) is 18.3 Å². The molecule has 2 atom stereocenters. The van der Waals surface area contributed by atoms with Crippen LogP contribution in [-0.2, 0) is 31.2 Å². The van der Waals surface area contributed by atoms with Gasteiger partial charge in [0.05, 0.1) is 14.2 Å². The van der Waals surface area contributed by atoms with E-state index < -0.39 is 29.6 Å². The minimum atomic E-state index is -2.45. The number of fused-ring (bicyclic) bond motifs is 2. The number of hydrogen-bond donors (Lipinski definition) is 2. The summed E-state index contributed by atoms with van der Waals surface area (Å²) >= 11 is 0. The Hall–Kier alpha value is -3.65. The lowest BCUT2D eigenvalue weighted by atomic mass is 9.98. The molecule has 0 unspecified atom stereocenters. The maximum Gasteiger partial charge on any atom is 0.364 e. The van der Waals surface area contributed by atoms with Crippen molar-refractivity contribution in [2.75, 3.05) is 14.2 Å². The number of ether oxygens (including phenoxy) is 2. The van der Waals surface area contributed by atoms with Crippen molar-refractivity contribution in [2.24, 2.45) is 0 Å². The number of para-hydroxylation sites is 1. The van der Waals surface area contributed by atoms with Gasteiger partial charge in [0.25, 0.3) is 11.6 Å². The Morgan fingerprint density at radius 1 is 1.10 bits per heavy atom. The third-order valence-corrected chi connectivity index (χ3v) is 5.44. The molecule has 0 spiro atoms. The summed E-state index contributed by atoms with van der Waals surface area (Å²) in [5.41, 5.74) is -0.673. The van der Waals surface area contributed by atoms with E-state index in [1.165, 1.54) is 19.2 Å². The average Bonchev–Trinajstić information content (AvgIpc) is 3.29. The molecule has 0 saturated carbocycles. The van der Waals surface area contributed by atoms with E-state index in [0.717, 1.165) is 28.5 Å². The summed E-state index contributed by atoms with van der Waals surface area (Å²) in [4.78, 5) is 42.6. The Balaban J connectivity index is 1.85. The summed E-state index contributed by atoms with van der Waals surface area (Å²) in [5.74, 6) is -2.48. The molecular weight excluding hydrogens is 388 g/mol. The van der Waals surface area contributed by atoms with Crippen LogP contribution in [0.2, 0.25) is 0 Å². The lowest BCUT2D eigenvalue weighted by Crippen LogP contribution is -2.58. The first kappa shape index (κ1) is 19.7. The van der Waals surface area contributed by atoms with E-state index >= 15 is 0 Å². The highest BCUT2D eigenvalue weighted by molar-refractivity contribution is 6.07. The van der Waals surface area contributed by atoms with Crippen LogP contribution in [-0.4, -0.2) is 53.1 Å². The Bertz CT molecular complexity index is 1150. The highest BCUT2D eigenvalue weighted by Crippen LogP contribution is 2.40. The Morgan fingerprint density at radius 3 is 2.53 bits per heavy atom. The number of amides is 1. The quantitative estimate of drug-likeness (QED) is 0.623. The lowest BCUT2D eigenvalue weighted by molar-refractivity contribution is -0.188. The zero-order valence-corrected chi connectivity index (χ0v) is 16.4. The molecule has 2 heterocycles. The van der Waals surface area contributed by atoms with Crippen molar-refractivity contribution in [2.45, 2.75) is 18.2 Å². The van der Waals surface area contributed by atoms with E-state index in [-0.39, 0.29) is 17.5 Å². The van der Waals surface area contributed by atoms with Gasteiger partial charge in [-0.25, -0.2) is 9.59 Å². The first-order valence-electron chi connectivity index (χ1n) is 9.30. The fourth-order valence-electron chi connectivity index (χ4n) is 4.02. The van der Waals surface area contributed by atoms with Gasteiger partial charge >= 0.3 is 11.9 Å². The number of esters is 2. The summed E-state index contributed by atoms with van der Waals surface area (Å²) in [6.07, 6.45) is 1.75. The largest absolute Gasteiger partial charge is 0.467 e. The van der Waals surface area contributed by atoms with Crippen molar-refractivity contribution < 1.29 is 29.0 Å². The smallest absolute Gasteiger partial charge is 0.364 e. The summed E-state index contributed by atoms with van der Waals surface area (Å²) in [5, 5.41) is 12.3. The van der Waals surface area contributed by atoms with E-state index in [9.17, 15) is 19.5 Å². The maximum absolute atomic E-state index is 13.2. The monoisotopic (exact) mass is 408 g/mol. The number of nitrogens with zero attached hydrogens (tertiary/aromatic N) is 1. The predicted molar refractivity (Wildman–Crippen MR) is 106 cm³/mol. The van der Waals surface area contributed by atoms with Crippen molar-refractivity contribution in [3.05, 3.63) is 71.4 Å². The lowest BCUT2D eigenvalue weighted by Gasteiger charge is -2.36. The Morgan fingerprint density at radius 2 is 1.80 bits per heavy atom. The molecule has 3 aromatic rings. The third-order valence-electron chi connectivity index (χ3n) is 5.44. The van der Waals surface area contributed by atoms with Crippen LogP contribution in [0.25, 0.3) is 10.9 Å². The summed E-state index contributed by atoms with van der Waals surface area (Å²) < 4.78 is 9.73. The summed E-state index contributed by atoms with van der Waals surface area (Å²) in [7, 11) is 2.30. The second kappa shape index (κ2) is 7.31. The number of carbonyl (C=O) groups excluding carboxylic acids is 3. The predicted octanol–water partition coefficient (Wildman–Crippen LogP) is 1.73. The van der Waals surface area contributed by atoms with Gasteiger partial charge in [-0.1, -0.05) is 36.4 Å². The van der Waals surface area contributed by atoms with E-state index in [2.05, 4.69) is 4.98 Å². The van der Waals surface area contributed by atoms with Crippen molar-refractivity contribution in [1.82, 2.24) is 9.88 Å². The van der Waals surface area contributed by atoms with Gasteiger partial charge in [-0.15, -0.1) is 0 Å². The SMILES string of the molecule is COC(=O)[C@H](Cc1c[nH]c2ccccc12)N1C(=O)c2ccccc2[C@@]1(O)C(=O)OC. The van der Waals surface area contributed by atoms with Crippen LogP contribution in [0, 0.1) is 0 Å². The third kappa shape index (κ3) is 2.76. The number of aromatic amines is 1. The van der Waals surface area contributed by atoms with Crippen LogP contribution in [0.3, 0.4) is 0 Å². The van der Waals surface area contributed by atoms with Crippen molar-refractivity contribution >= 4 is 28.7 Å². The van der Waals surface area contributed by atoms with Gasteiger partial charge < -0.3 is 19.6 Å². The molecule has 154 valence electrons. The van der Waals surface area contributed by atoms with Crippen LogP contribution in [0.1, 0.15) is 21.5 Å². The molecule has 8 nitrogen and oxygen atoms in total. The molecular formula is C22H20N2O6. The number of benzene rings is 2. The van der Waals surface area contributed by atoms with E-state index in [4.69, 9.17) is 9.47 Å². The maximum atomic E-state index is 13.2. The van der Waals surface area contributed by atoms with Crippen LogP contribution in [0.15, 0.2) is 54.7 Å². The zero-order valence-electron chi connectivity index (χ0n) is 16.4. The van der Waals surface area contributed by atoms with E-state index in [1.807, 2.05) is 24.3 Å². The van der Waals surface area contributed by atoms with Crippen LogP contribution < -0.4 is 0 Å². The average molecular weight is 408 g/mol. The fraction of sp³-hybridized carbons (Fsp3) is 0.227. The standard InChI is InChI=1S/C22H20N2O6/c1-29-20(26)18(11-13-12-23-17-10-6-4-7-14(13)17)24-19(25)15-8-3-5-9-16(15)22(24,28)21(27)30-2/h3-10,12,18,23,28H,11H2,1-2H3/t18-,22+/m0/s1. The summed E-state index contributed by atoms with van der Waals surface area (Å²) in [6.45, 7) is 0. The highest BCUT2D eigenvalue weighted by Gasteiger charge is 2.59. The number of methoxy groups -OCH3 is 2. The zero-order chi connectivity index (χ0) is 21.5. The molecule has 0 aliphatic carbocycles. The minimum absolute atomic E-state index is 0.0235. The molecule has 4 rings (SSSR count). The molecule has 2 N–H and O–H groups in total. The number of hydrogen-bond acceptors (Lipinski definition) is 6. The number of nitrogens with one attached hydrogen (secondary N) is 1. The second-order valence-electron chi connectivity index (χ2n) is 6.99. The number of H-pyrrole nitrogens is 1. The normalized spacial score (nSPS) is 18.9. The fourth-order valence-corrected chi connectivity index (χ4v) is 4.02. The first-order chi connectivity index (χ1) is 14.4. The van der Waals surface area contributed by atoms with Gasteiger partial charge in [-0.2, -0.15) is 0 Å². The second-order valence-corrected chi connectivity index (χ2v) is 6.99. The molecule has 0 bridgehead atoms. The molecule has 0 saturated heterocycles. The van der Waals surface area contributed by atoms with Gasteiger partial charge in [0.1, 0.15) is 6.04 Å². The molecule has 0 fully saturated rings. The molecule has 2 aromatic carbocycles. The molecule has 8 heteroatoms. The molecule has 0 radical (unpaired) electrons. The number of aliphatic hydroxyl groups is 1. The number of aromatic nitrogens is 1. The molecule has 1 amide bonds.